The largest absolute Gasteiger partial charge is 0.467 e. The van der Waals surface area contributed by atoms with Crippen LogP contribution < -0.4 is 21.7 Å². The molecule has 1 aromatic carbocycles. The molecule has 0 radical (unpaired) electrons. The highest BCUT2D eigenvalue weighted by Crippen LogP contribution is 2.37. The van der Waals surface area contributed by atoms with Crippen molar-refractivity contribution in [1.29, 1.82) is 0 Å². The zero-order chi connectivity index (χ0) is 26.1. The van der Waals surface area contributed by atoms with Crippen LogP contribution in [-0.2, 0) is 11.0 Å². The van der Waals surface area contributed by atoms with Gasteiger partial charge >= 0.3 is 6.18 Å². The van der Waals surface area contributed by atoms with Crippen molar-refractivity contribution in [2.24, 2.45) is 5.73 Å². The third-order valence-electron chi connectivity index (χ3n) is 4.64. The highest BCUT2D eigenvalue weighted by molar-refractivity contribution is 7.09. The van der Waals surface area contributed by atoms with Crippen molar-refractivity contribution >= 4 is 40.6 Å². The van der Waals surface area contributed by atoms with Crippen LogP contribution in [0.3, 0.4) is 0 Å². The molecule has 3 rings (SSSR count). The summed E-state index contributed by atoms with van der Waals surface area (Å²) >= 11 is 0.533. The maximum Gasteiger partial charge on any atom is 0.416 e. The summed E-state index contributed by atoms with van der Waals surface area (Å²) in [5.74, 6) is -2.71. The molecule has 0 aliphatic carbocycles. The number of nitrogen functional groups attached to an aromatic ring is 1. The number of carbonyl (C=O) groups excluding carboxylic acids is 3. The van der Waals surface area contributed by atoms with Crippen LogP contribution in [0, 0.1) is 0 Å². The van der Waals surface area contributed by atoms with Gasteiger partial charge in [-0.25, -0.2) is 0 Å². The number of nitrogens with two attached hydrogens (primary N) is 2. The average Bonchev–Trinajstić information content (AvgIpc) is 3.39. The number of nitrogens with zero attached hydrogens (tertiary/aromatic N) is 2. The van der Waals surface area contributed by atoms with Crippen molar-refractivity contribution in [2.45, 2.75) is 38.5 Å². The van der Waals surface area contributed by atoms with E-state index in [2.05, 4.69) is 9.69 Å². The highest BCUT2D eigenvalue weighted by atomic mass is 32.1. The van der Waals surface area contributed by atoms with Crippen LogP contribution in [0.5, 0.6) is 0 Å². The molecule has 0 spiro atoms. The molecule has 0 unspecified atom stereocenters. The summed E-state index contributed by atoms with van der Waals surface area (Å²) in [7, 11) is 0. The number of alkyl halides is 3. The van der Waals surface area contributed by atoms with E-state index in [1.807, 2.05) is 0 Å². The molecular formula is C22H22F3N5O4S. The van der Waals surface area contributed by atoms with Gasteiger partial charge in [0, 0.05) is 11.2 Å². The molecule has 35 heavy (non-hydrogen) atoms. The fraction of sp³-hybridized carbons (Fsp3) is 0.273. The summed E-state index contributed by atoms with van der Waals surface area (Å²) in [6.45, 7) is 5.09. The molecule has 5 N–H and O–H groups in total. The molecule has 0 aliphatic rings. The van der Waals surface area contributed by atoms with Crippen LogP contribution in [0.2, 0.25) is 0 Å². The molecule has 0 bridgehead atoms. The van der Waals surface area contributed by atoms with Gasteiger partial charge in [0.1, 0.15) is 10.6 Å². The maximum absolute atomic E-state index is 13.7. The van der Waals surface area contributed by atoms with Crippen molar-refractivity contribution in [3.63, 3.8) is 0 Å². The Bertz CT molecular complexity index is 1250. The number of carbonyl (C=O) groups is 3. The van der Waals surface area contributed by atoms with Gasteiger partial charge in [-0.2, -0.15) is 17.5 Å². The van der Waals surface area contributed by atoms with E-state index < -0.39 is 41.0 Å². The first-order chi connectivity index (χ1) is 16.2. The Labute approximate surface area is 202 Å². The van der Waals surface area contributed by atoms with Crippen LogP contribution in [0.1, 0.15) is 58.3 Å². The number of primary amides is 1. The Morgan fingerprint density at radius 1 is 1.14 bits per heavy atom. The normalized spacial score (nSPS) is 12.7. The Morgan fingerprint density at radius 3 is 2.34 bits per heavy atom. The van der Waals surface area contributed by atoms with Crippen LogP contribution in [0.4, 0.5) is 24.5 Å². The Balaban J connectivity index is 2.25. The number of rotatable bonds is 6. The van der Waals surface area contributed by atoms with Crippen molar-refractivity contribution < 1.29 is 32.0 Å². The third kappa shape index (κ3) is 5.62. The highest BCUT2D eigenvalue weighted by Gasteiger charge is 2.40. The van der Waals surface area contributed by atoms with Gasteiger partial charge in [0.05, 0.1) is 17.5 Å². The molecule has 186 valence electrons. The quantitative estimate of drug-likeness (QED) is 0.462. The number of benzene rings is 1. The van der Waals surface area contributed by atoms with Gasteiger partial charge in [-0.15, -0.1) is 0 Å². The lowest BCUT2D eigenvalue weighted by Gasteiger charge is -2.32. The van der Waals surface area contributed by atoms with E-state index in [1.54, 1.807) is 20.8 Å². The van der Waals surface area contributed by atoms with E-state index >= 15 is 0 Å². The van der Waals surface area contributed by atoms with E-state index in [4.69, 9.17) is 15.9 Å². The number of anilines is 2. The molecule has 0 fully saturated rings. The molecule has 13 heteroatoms. The van der Waals surface area contributed by atoms with Crippen molar-refractivity contribution in [3.05, 3.63) is 64.6 Å². The van der Waals surface area contributed by atoms with Gasteiger partial charge in [-0.3, -0.25) is 19.3 Å². The standard InChI is InChI=1S/C22H22F3N5O4S/c1-21(2,3)28-19(32)16(13-8-5-9-34-13)30(12-7-4-6-11(10-12)22(23,24)25)20(33)17-14(26)15(18(27)31)29-35-17/h4-10,16H,26H2,1-3H3,(H2,27,31)(H,28,32)/t16-/m0/s1. The van der Waals surface area contributed by atoms with E-state index in [0.29, 0.717) is 11.5 Å². The molecule has 0 saturated heterocycles. The smallest absolute Gasteiger partial charge is 0.416 e. The number of nitrogens with one attached hydrogen (secondary N) is 1. The van der Waals surface area contributed by atoms with Crippen molar-refractivity contribution in [2.75, 3.05) is 10.6 Å². The molecule has 2 aromatic heterocycles. The monoisotopic (exact) mass is 509 g/mol. The molecular weight excluding hydrogens is 487 g/mol. The minimum absolute atomic E-state index is 0.0178. The lowest BCUT2D eigenvalue weighted by Crippen LogP contribution is -2.49. The number of amides is 3. The number of hydrogen-bond donors (Lipinski definition) is 3. The fourth-order valence-corrected chi connectivity index (χ4v) is 3.96. The second kappa shape index (κ2) is 9.41. The third-order valence-corrected chi connectivity index (χ3v) is 5.49. The Kier molecular flexibility index (Phi) is 6.92. The second-order valence-electron chi connectivity index (χ2n) is 8.52. The van der Waals surface area contributed by atoms with Crippen LogP contribution >= 0.6 is 11.5 Å². The lowest BCUT2D eigenvalue weighted by atomic mass is 10.0. The summed E-state index contributed by atoms with van der Waals surface area (Å²) < 4.78 is 49.6. The van der Waals surface area contributed by atoms with Crippen LogP contribution in [0.25, 0.3) is 0 Å². The van der Waals surface area contributed by atoms with Gasteiger partial charge in [-0.05, 0) is 62.6 Å². The van der Waals surface area contributed by atoms with Crippen molar-refractivity contribution in [1.82, 2.24) is 9.69 Å². The van der Waals surface area contributed by atoms with Crippen molar-refractivity contribution in [3.8, 4) is 0 Å². The van der Waals surface area contributed by atoms with E-state index in [1.165, 1.54) is 24.5 Å². The molecule has 0 aliphatic heterocycles. The molecule has 2 heterocycles. The minimum Gasteiger partial charge on any atom is -0.467 e. The first-order valence-electron chi connectivity index (χ1n) is 10.1. The van der Waals surface area contributed by atoms with Crippen LogP contribution in [-0.4, -0.2) is 27.6 Å². The molecule has 0 saturated carbocycles. The minimum atomic E-state index is -4.72. The maximum atomic E-state index is 13.7. The SMILES string of the molecule is CC(C)(C)NC(=O)[C@H](c1ccco1)N(C(=O)c1snc(C(N)=O)c1N)c1cccc(C(F)(F)F)c1. The summed E-state index contributed by atoms with van der Waals surface area (Å²) in [5, 5.41) is 2.71. The van der Waals surface area contributed by atoms with Gasteiger partial charge < -0.3 is 21.2 Å². The van der Waals surface area contributed by atoms with E-state index in [0.717, 1.165) is 23.1 Å². The van der Waals surface area contributed by atoms with Gasteiger partial charge in [-0.1, -0.05) is 6.07 Å². The second-order valence-corrected chi connectivity index (χ2v) is 9.29. The molecule has 3 amide bonds. The summed E-state index contributed by atoms with van der Waals surface area (Å²) in [4.78, 5) is 39.3. The zero-order valence-electron chi connectivity index (χ0n) is 18.8. The number of aromatic nitrogens is 1. The first-order valence-corrected chi connectivity index (χ1v) is 10.9. The average molecular weight is 510 g/mol. The Hall–Kier alpha value is -3.87. The predicted molar refractivity (Wildman–Crippen MR) is 123 cm³/mol. The number of hydrogen-bond acceptors (Lipinski definition) is 7. The van der Waals surface area contributed by atoms with E-state index in [-0.39, 0.29) is 27.7 Å². The summed E-state index contributed by atoms with van der Waals surface area (Å²) in [5.41, 5.74) is 8.37. The van der Waals surface area contributed by atoms with Gasteiger partial charge in [0.15, 0.2) is 11.7 Å². The van der Waals surface area contributed by atoms with E-state index in [9.17, 15) is 27.6 Å². The Morgan fingerprint density at radius 2 is 1.83 bits per heavy atom. The number of halogens is 3. The van der Waals surface area contributed by atoms with Gasteiger partial charge in [0.25, 0.3) is 17.7 Å². The summed E-state index contributed by atoms with van der Waals surface area (Å²) in [6, 6.07) is 5.24. The zero-order valence-corrected chi connectivity index (χ0v) is 19.7. The number of furan rings is 1. The molecule has 3 aromatic rings. The fourth-order valence-electron chi connectivity index (χ4n) is 3.21. The van der Waals surface area contributed by atoms with Gasteiger partial charge in [0.2, 0.25) is 0 Å². The molecule has 9 nitrogen and oxygen atoms in total. The topological polar surface area (TPSA) is 145 Å². The first kappa shape index (κ1) is 25.7. The molecule has 1 atom stereocenters. The summed E-state index contributed by atoms with van der Waals surface area (Å²) in [6.07, 6.45) is -3.46. The van der Waals surface area contributed by atoms with Crippen LogP contribution in [0.15, 0.2) is 47.1 Å². The predicted octanol–water partition coefficient (Wildman–Crippen LogP) is 3.74. The lowest BCUT2D eigenvalue weighted by molar-refractivity contribution is -0.137.